The second-order valence-corrected chi connectivity index (χ2v) is 4.64. The van der Waals surface area contributed by atoms with Crippen LogP contribution in [0.4, 0.5) is 11.4 Å². The van der Waals surface area contributed by atoms with E-state index < -0.39 is 4.92 Å². The predicted molar refractivity (Wildman–Crippen MR) is 79.1 cm³/mol. The molecule has 0 saturated heterocycles. The molecule has 6 nitrogen and oxygen atoms in total. The van der Waals surface area contributed by atoms with Crippen LogP contribution in [0.2, 0.25) is 0 Å². The number of nitrogens with one attached hydrogen (secondary N) is 1. The van der Waals surface area contributed by atoms with Gasteiger partial charge >= 0.3 is 0 Å². The first-order valence-corrected chi connectivity index (χ1v) is 6.79. The Labute approximate surface area is 118 Å². The predicted octanol–water partition coefficient (Wildman–Crippen LogP) is 2.90. The quantitative estimate of drug-likeness (QED) is 0.615. The topological polar surface area (TPSA) is 75.5 Å². The standard InChI is InChI=1S/C14H21N3O3/c1-4-8-15-12-7-6-11(10-13(12)17(19)20)14(18)16(3)9-5-2/h6-7,10,15H,4-5,8-9H2,1-3H3. The molecule has 0 saturated carbocycles. The van der Waals surface area contributed by atoms with Crippen molar-refractivity contribution in [3.8, 4) is 0 Å². The Morgan fingerprint density at radius 3 is 2.60 bits per heavy atom. The summed E-state index contributed by atoms with van der Waals surface area (Å²) in [6.07, 6.45) is 1.72. The molecule has 1 aromatic carbocycles. The highest BCUT2D eigenvalue weighted by atomic mass is 16.6. The fraction of sp³-hybridized carbons (Fsp3) is 0.500. The SMILES string of the molecule is CCCNc1ccc(C(=O)N(C)CCC)cc1[N+](=O)[O-]. The van der Waals surface area contributed by atoms with Crippen molar-refractivity contribution in [1.29, 1.82) is 0 Å². The normalized spacial score (nSPS) is 10.2. The molecule has 0 aliphatic rings. The fourth-order valence-corrected chi connectivity index (χ4v) is 1.88. The lowest BCUT2D eigenvalue weighted by molar-refractivity contribution is -0.384. The van der Waals surface area contributed by atoms with Gasteiger partial charge in [-0.25, -0.2) is 0 Å². The maximum Gasteiger partial charge on any atom is 0.293 e. The van der Waals surface area contributed by atoms with Crippen LogP contribution in [-0.2, 0) is 0 Å². The molecule has 0 aliphatic heterocycles. The van der Waals surface area contributed by atoms with Gasteiger partial charge < -0.3 is 10.2 Å². The van der Waals surface area contributed by atoms with E-state index in [1.165, 1.54) is 6.07 Å². The number of carbonyl (C=O) groups excluding carboxylic acids is 1. The minimum Gasteiger partial charge on any atom is -0.380 e. The van der Waals surface area contributed by atoms with Crippen molar-refractivity contribution in [2.75, 3.05) is 25.5 Å². The van der Waals surface area contributed by atoms with Gasteiger partial charge in [-0.2, -0.15) is 0 Å². The van der Waals surface area contributed by atoms with Gasteiger partial charge in [-0.05, 0) is 25.0 Å². The van der Waals surface area contributed by atoms with Gasteiger partial charge in [0.15, 0.2) is 0 Å². The maximum absolute atomic E-state index is 12.1. The number of nitro groups is 1. The second kappa shape index (κ2) is 7.47. The van der Waals surface area contributed by atoms with Gasteiger partial charge in [0, 0.05) is 31.8 Å². The molecule has 1 rings (SSSR count). The number of rotatable bonds is 7. The minimum absolute atomic E-state index is 0.0609. The van der Waals surface area contributed by atoms with Gasteiger partial charge in [-0.3, -0.25) is 14.9 Å². The maximum atomic E-state index is 12.1. The lowest BCUT2D eigenvalue weighted by Crippen LogP contribution is -2.27. The molecule has 20 heavy (non-hydrogen) atoms. The number of nitro benzene ring substituents is 1. The summed E-state index contributed by atoms with van der Waals surface area (Å²) in [6, 6.07) is 4.56. The molecule has 1 N–H and O–H groups in total. The van der Waals surface area contributed by atoms with Crippen LogP contribution in [0.15, 0.2) is 18.2 Å². The molecule has 1 amide bonds. The average Bonchev–Trinajstić information content (AvgIpc) is 2.44. The smallest absolute Gasteiger partial charge is 0.293 e. The van der Waals surface area contributed by atoms with E-state index in [0.717, 1.165) is 12.8 Å². The van der Waals surface area contributed by atoms with E-state index in [4.69, 9.17) is 0 Å². The number of amides is 1. The number of anilines is 1. The molecule has 6 heteroatoms. The minimum atomic E-state index is -0.464. The molecule has 0 heterocycles. The van der Waals surface area contributed by atoms with Crippen molar-refractivity contribution >= 4 is 17.3 Å². The first kappa shape index (κ1) is 15.9. The third kappa shape index (κ3) is 3.94. The summed E-state index contributed by atoms with van der Waals surface area (Å²) >= 11 is 0. The van der Waals surface area contributed by atoms with E-state index in [2.05, 4.69) is 5.32 Å². The fourth-order valence-electron chi connectivity index (χ4n) is 1.88. The third-order valence-corrected chi connectivity index (χ3v) is 2.91. The molecule has 0 unspecified atom stereocenters. The molecule has 0 aromatic heterocycles. The van der Waals surface area contributed by atoms with Gasteiger partial charge in [-0.1, -0.05) is 13.8 Å². The summed E-state index contributed by atoms with van der Waals surface area (Å²) in [4.78, 5) is 24.3. The van der Waals surface area contributed by atoms with E-state index in [9.17, 15) is 14.9 Å². The van der Waals surface area contributed by atoms with Crippen molar-refractivity contribution in [3.05, 3.63) is 33.9 Å². The lowest BCUT2D eigenvalue weighted by Gasteiger charge is -2.16. The van der Waals surface area contributed by atoms with Gasteiger partial charge in [0.1, 0.15) is 5.69 Å². The number of hydrogen-bond donors (Lipinski definition) is 1. The van der Waals surface area contributed by atoms with Gasteiger partial charge in [0.05, 0.1) is 4.92 Å². The Kier molecular flexibility index (Phi) is 5.96. The Morgan fingerprint density at radius 2 is 2.05 bits per heavy atom. The van der Waals surface area contributed by atoms with Crippen LogP contribution < -0.4 is 5.32 Å². The van der Waals surface area contributed by atoms with Gasteiger partial charge in [-0.15, -0.1) is 0 Å². The first-order chi connectivity index (χ1) is 9.51. The zero-order valence-electron chi connectivity index (χ0n) is 12.2. The summed E-state index contributed by atoms with van der Waals surface area (Å²) in [5.41, 5.74) is 0.732. The van der Waals surface area contributed by atoms with Crippen molar-refractivity contribution in [3.63, 3.8) is 0 Å². The molecular weight excluding hydrogens is 258 g/mol. The van der Waals surface area contributed by atoms with Crippen LogP contribution in [-0.4, -0.2) is 35.9 Å². The molecule has 1 aromatic rings. The average molecular weight is 279 g/mol. The molecule has 0 fully saturated rings. The van der Waals surface area contributed by atoms with Gasteiger partial charge in [0.2, 0.25) is 0 Å². The van der Waals surface area contributed by atoms with E-state index >= 15 is 0 Å². The van der Waals surface area contributed by atoms with E-state index in [1.54, 1.807) is 24.1 Å². The van der Waals surface area contributed by atoms with Crippen LogP contribution in [0.1, 0.15) is 37.0 Å². The Hall–Kier alpha value is -2.11. The largest absolute Gasteiger partial charge is 0.380 e. The summed E-state index contributed by atoms with van der Waals surface area (Å²) in [5.74, 6) is -0.197. The van der Waals surface area contributed by atoms with Gasteiger partial charge in [0.25, 0.3) is 11.6 Å². The highest BCUT2D eigenvalue weighted by Gasteiger charge is 2.19. The molecular formula is C14H21N3O3. The highest BCUT2D eigenvalue weighted by Crippen LogP contribution is 2.26. The summed E-state index contributed by atoms with van der Waals surface area (Å²) in [7, 11) is 1.70. The van der Waals surface area contributed by atoms with Crippen LogP contribution in [0, 0.1) is 10.1 Å². The first-order valence-electron chi connectivity index (χ1n) is 6.79. The van der Waals surface area contributed by atoms with Crippen LogP contribution in [0.5, 0.6) is 0 Å². The Bertz CT molecular complexity index is 489. The zero-order valence-corrected chi connectivity index (χ0v) is 12.2. The zero-order chi connectivity index (χ0) is 15.1. The number of nitrogens with zero attached hydrogens (tertiary/aromatic N) is 2. The molecule has 0 bridgehead atoms. The van der Waals surface area contributed by atoms with E-state index in [0.29, 0.717) is 24.3 Å². The summed E-state index contributed by atoms with van der Waals surface area (Å²) in [5, 5.41) is 14.1. The number of carbonyl (C=O) groups is 1. The summed E-state index contributed by atoms with van der Waals surface area (Å²) < 4.78 is 0. The lowest BCUT2D eigenvalue weighted by atomic mass is 10.1. The monoisotopic (exact) mass is 279 g/mol. The van der Waals surface area contributed by atoms with E-state index in [1.807, 2.05) is 13.8 Å². The Morgan fingerprint density at radius 1 is 1.35 bits per heavy atom. The third-order valence-electron chi connectivity index (χ3n) is 2.91. The van der Waals surface area contributed by atoms with Crippen LogP contribution in [0.3, 0.4) is 0 Å². The highest BCUT2D eigenvalue weighted by molar-refractivity contribution is 5.95. The van der Waals surface area contributed by atoms with Crippen molar-refractivity contribution in [2.24, 2.45) is 0 Å². The number of benzene rings is 1. The summed E-state index contributed by atoms with van der Waals surface area (Å²) in [6.45, 7) is 5.24. The van der Waals surface area contributed by atoms with Crippen molar-refractivity contribution in [1.82, 2.24) is 4.90 Å². The molecule has 0 spiro atoms. The Balaban J connectivity index is 3.03. The second-order valence-electron chi connectivity index (χ2n) is 4.64. The number of hydrogen-bond acceptors (Lipinski definition) is 4. The molecule has 0 radical (unpaired) electrons. The van der Waals surface area contributed by atoms with E-state index in [-0.39, 0.29) is 11.6 Å². The molecule has 0 aliphatic carbocycles. The van der Waals surface area contributed by atoms with Crippen LogP contribution in [0.25, 0.3) is 0 Å². The molecule has 110 valence electrons. The van der Waals surface area contributed by atoms with Crippen LogP contribution >= 0.6 is 0 Å². The molecule has 0 atom stereocenters. The van der Waals surface area contributed by atoms with Crippen molar-refractivity contribution in [2.45, 2.75) is 26.7 Å². The van der Waals surface area contributed by atoms with Crippen molar-refractivity contribution < 1.29 is 9.72 Å².